The fourth-order valence-corrected chi connectivity index (χ4v) is 2.61. The average molecular weight is 303 g/mol. The van der Waals surface area contributed by atoms with Gasteiger partial charge in [0.1, 0.15) is 5.75 Å². The minimum Gasteiger partial charge on any atom is -0.494 e. The largest absolute Gasteiger partial charge is 0.494 e. The summed E-state index contributed by atoms with van der Waals surface area (Å²) in [6, 6.07) is 3.75. The van der Waals surface area contributed by atoms with Crippen LogP contribution >= 0.6 is 23.2 Å². The van der Waals surface area contributed by atoms with Crippen molar-refractivity contribution in [2.75, 3.05) is 39.3 Å². The van der Waals surface area contributed by atoms with E-state index >= 15 is 0 Å². The highest BCUT2D eigenvalue weighted by molar-refractivity contribution is 6.42. The van der Waals surface area contributed by atoms with Crippen LogP contribution in [0.5, 0.6) is 5.75 Å². The number of nitrogens with zero attached hydrogens (tertiary/aromatic N) is 1. The molecule has 0 saturated carbocycles. The zero-order valence-corrected chi connectivity index (χ0v) is 12.7. The van der Waals surface area contributed by atoms with Gasteiger partial charge in [0.15, 0.2) is 0 Å². The van der Waals surface area contributed by atoms with Crippen LogP contribution in [0.2, 0.25) is 10.0 Å². The Kier molecular flexibility index (Phi) is 5.76. The number of hydrogen-bond acceptors (Lipinski definition) is 3. The van der Waals surface area contributed by atoms with Gasteiger partial charge in [-0.3, -0.25) is 0 Å². The first-order valence-electron chi connectivity index (χ1n) is 6.74. The molecular weight excluding hydrogens is 283 g/mol. The minimum atomic E-state index is 0.552. The number of hydrogen-bond donors (Lipinski definition) is 1. The Labute approximate surface area is 124 Å². The van der Waals surface area contributed by atoms with E-state index in [1.54, 1.807) is 0 Å². The third-order valence-corrected chi connectivity index (χ3v) is 4.03. The van der Waals surface area contributed by atoms with Gasteiger partial charge in [-0.25, -0.2) is 0 Å². The van der Waals surface area contributed by atoms with Crippen molar-refractivity contribution in [2.45, 2.75) is 13.3 Å². The van der Waals surface area contributed by atoms with Crippen LogP contribution in [-0.4, -0.2) is 44.2 Å². The van der Waals surface area contributed by atoms with Gasteiger partial charge in [0, 0.05) is 38.8 Å². The van der Waals surface area contributed by atoms with Crippen molar-refractivity contribution in [1.82, 2.24) is 10.2 Å². The molecule has 1 aliphatic rings. The lowest BCUT2D eigenvalue weighted by molar-refractivity contribution is 0.242. The molecule has 0 aliphatic carbocycles. The Balaban J connectivity index is 2.02. The number of halogens is 2. The molecule has 1 aromatic carbocycles. The molecule has 1 N–H and O–H groups in total. The molecule has 1 saturated heterocycles. The number of rotatable bonds is 5. The van der Waals surface area contributed by atoms with Gasteiger partial charge in [0.25, 0.3) is 0 Å². The highest BCUT2D eigenvalue weighted by Gasteiger charge is 2.12. The van der Waals surface area contributed by atoms with Gasteiger partial charge in [-0.05, 0) is 25.0 Å². The molecule has 5 heteroatoms. The molecule has 1 aliphatic heterocycles. The highest BCUT2D eigenvalue weighted by atomic mass is 35.5. The van der Waals surface area contributed by atoms with Crippen molar-refractivity contribution in [3.63, 3.8) is 0 Å². The summed E-state index contributed by atoms with van der Waals surface area (Å²) in [6.07, 6.45) is 0.937. The summed E-state index contributed by atoms with van der Waals surface area (Å²) in [5, 5.41) is 4.51. The molecule has 0 bridgehead atoms. The van der Waals surface area contributed by atoms with Crippen LogP contribution in [0, 0.1) is 0 Å². The molecule has 2 rings (SSSR count). The Morgan fingerprint density at radius 1 is 1.21 bits per heavy atom. The van der Waals surface area contributed by atoms with Crippen molar-refractivity contribution in [3.8, 4) is 5.75 Å². The maximum Gasteiger partial charge on any atom is 0.124 e. The molecule has 0 atom stereocenters. The van der Waals surface area contributed by atoms with Crippen molar-refractivity contribution in [3.05, 3.63) is 27.7 Å². The minimum absolute atomic E-state index is 0.552. The second-order valence-electron chi connectivity index (χ2n) is 4.65. The van der Waals surface area contributed by atoms with Gasteiger partial charge in [0.05, 0.1) is 16.7 Å². The maximum atomic E-state index is 6.10. The van der Waals surface area contributed by atoms with E-state index in [-0.39, 0.29) is 0 Å². The van der Waals surface area contributed by atoms with Crippen LogP contribution < -0.4 is 10.1 Å². The number of benzene rings is 1. The van der Waals surface area contributed by atoms with Crippen molar-refractivity contribution >= 4 is 23.2 Å². The Morgan fingerprint density at radius 3 is 2.58 bits per heavy atom. The summed E-state index contributed by atoms with van der Waals surface area (Å²) in [5.74, 6) is 0.854. The van der Waals surface area contributed by atoms with E-state index in [1.165, 1.54) is 0 Å². The first-order valence-corrected chi connectivity index (χ1v) is 7.50. The van der Waals surface area contributed by atoms with Crippen LogP contribution in [0.15, 0.2) is 12.1 Å². The van der Waals surface area contributed by atoms with Crippen molar-refractivity contribution in [1.29, 1.82) is 0 Å². The quantitative estimate of drug-likeness (QED) is 0.905. The van der Waals surface area contributed by atoms with E-state index in [0.29, 0.717) is 16.7 Å². The van der Waals surface area contributed by atoms with Crippen LogP contribution in [-0.2, 0) is 6.42 Å². The summed E-state index contributed by atoms with van der Waals surface area (Å²) in [5.41, 5.74) is 1.13. The molecule has 1 fully saturated rings. The van der Waals surface area contributed by atoms with Gasteiger partial charge >= 0.3 is 0 Å². The number of piperazine rings is 1. The zero-order valence-electron chi connectivity index (χ0n) is 11.2. The van der Waals surface area contributed by atoms with Crippen LogP contribution in [0.25, 0.3) is 0 Å². The van der Waals surface area contributed by atoms with Crippen LogP contribution in [0.1, 0.15) is 12.5 Å². The third-order valence-electron chi connectivity index (χ3n) is 3.31. The van der Waals surface area contributed by atoms with Crippen molar-refractivity contribution < 1.29 is 4.74 Å². The van der Waals surface area contributed by atoms with E-state index < -0.39 is 0 Å². The number of ether oxygens (including phenoxy) is 1. The fourth-order valence-electron chi connectivity index (χ4n) is 2.27. The zero-order chi connectivity index (χ0) is 13.7. The average Bonchev–Trinajstić information content (AvgIpc) is 2.42. The molecule has 1 heterocycles. The molecule has 3 nitrogen and oxygen atoms in total. The topological polar surface area (TPSA) is 24.5 Å². The Hall–Kier alpha value is -0.480. The summed E-state index contributed by atoms with van der Waals surface area (Å²) in [6.45, 7) is 7.98. The monoisotopic (exact) mass is 302 g/mol. The van der Waals surface area contributed by atoms with E-state index in [0.717, 1.165) is 50.5 Å². The predicted molar refractivity (Wildman–Crippen MR) is 80.6 cm³/mol. The third kappa shape index (κ3) is 4.25. The second-order valence-corrected chi connectivity index (χ2v) is 5.46. The van der Waals surface area contributed by atoms with Gasteiger partial charge < -0.3 is 15.0 Å². The lowest BCUT2D eigenvalue weighted by Gasteiger charge is -2.27. The first kappa shape index (κ1) is 14.9. The summed E-state index contributed by atoms with van der Waals surface area (Å²) in [4.78, 5) is 2.45. The molecule has 0 spiro atoms. The van der Waals surface area contributed by atoms with Gasteiger partial charge in [-0.2, -0.15) is 0 Å². The highest BCUT2D eigenvalue weighted by Crippen LogP contribution is 2.31. The van der Waals surface area contributed by atoms with E-state index in [2.05, 4.69) is 10.2 Å². The molecule has 19 heavy (non-hydrogen) atoms. The predicted octanol–water partition coefficient (Wildman–Crippen LogP) is 2.84. The fraction of sp³-hybridized carbons (Fsp3) is 0.571. The SMILES string of the molecule is CCOc1cc(Cl)c(Cl)cc1CCN1CCNCC1. The molecule has 0 aromatic heterocycles. The van der Waals surface area contributed by atoms with Crippen LogP contribution in [0.4, 0.5) is 0 Å². The molecule has 0 radical (unpaired) electrons. The lowest BCUT2D eigenvalue weighted by Crippen LogP contribution is -2.44. The summed E-state index contributed by atoms with van der Waals surface area (Å²) < 4.78 is 5.64. The lowest BCUT2D eigenvalue weighted by atomic mass is 10.1. The van der Waals surface area contributed by atoms with E-state index in [4.69, 9.17) is 27.9 Å². The Morgan fingerprint density at radius 2 is 1.89 bits per heavy atom. The van der Waals surface area contributed by atoms with Crippen LogP contribution in [0.3, 0.4) is 0 Å². The molecule has 1 aromatic rings. The van der Waals surface area contributed by atoms with Crippen molar-refractivity contribution in [2.24, 2.45) is 0 Å². The second kappa shape index (κ2) is 7.34. The normalized spacial score (nSPS) is 16.6. The van der Waals surface area contributed by atoms with E-state index in [9.17, 15) is 0 Å². The van der Waals surface area contributed by atoms with Gasteiger partial charge in [0.2, 0.25) is 0 Å². The summed E-state index contributed by atoms with van der Waals surface area (Å²) >= 11 is 12.1. The number of nitrogens with one attached hydrogen (secondary N) is 1. The van der Waals surface area contributed by atoms with Gasteiger partial charge in [-0.15, -0.1) is 0 Å². The standard InChI is InChI=1S/C14H20Cl2N2O/c1-2-19-14-10-13(16)12(15)9-11(14)3-6-18-7-4-17-5-8-18/h9-10,17H,2-8H2,1H3. The molecule has 106 valence electrons. The molecule has 0 amide bonds. The molecular formula is C14H20Cl2N2O. The smallest absolute Gasteiger partial charge is 0.124 e. The Bertz CT molecular complexity index is 420. The maximum absolute atomic E-state index is 6.10. The van der Waals surface area contributed by atoms with E-state index in [1.807, 2.05) is 19.1 Å². The van der Waals surface area contributed by atoms with Gasteiger partial charge in [-0.1, -0.05) is 23.2 Å². The molecule has 0 unspecified atom stereocenters. The first-order chi connectivity index (χ1) is 9.20. The summed E-state index contributed by atoms with van der Waals surface area (Å²) in [7, 11) is 0.